The van der Waals surface area contributed by atoms with Crippen molar-refractivity contribution in [2.24, 2.45) is 5.92 Å². The van der Waals surface area contributed by atoms with Gasteiger partial charge < -0.3 is 19.9 Å². The van der Waals surface area contributed by atoms with Gasteiger partial charge in [-0.2, -0.15) is 0 Å². The highest BCUT2D eigenvalue weighted by Crippen LogP contribution is 2.52. The zero-order valence-electron chi connectivity index (χ0n) is 25.2. The first-order valence-corrected chi connectivity index (χ1v) is 15.0. The van der Waals surface area contributed by atoms with E-state index >= 15 is 0 Å². The normalized spacial score (nSPS) is 18.8. The molecule has 0 aromatic heterocycles. The quantitative estimate of drug-likeness (QED) is 0.134. The average molecular weight is 556 g/mol. The van der Waals surface area contributed by atoms with Crippen molar-refractivity contribution < 1.29 is 19.4 Å². The molecule has 1 aliphatic heterocycles. The second-order valence-electron chi connectivity index (χ2n) is 10.6. The highest BCUT2D eigenvalue weighted by molar-refractivity contribution is 8.04. The standard InChI is InChI=1S/C33H49NO4S/c1-11-26-20-30(39-29(26)19-22(6)24(8)34-25(9)31(35)37-10)33(14-4,15-5)27-16-17-28(23(7)18-27)38-21-32(36,12-2)13-3/h11,16-20,25-26,29,34,36H,1,8,12-15,21H2,2-7,9-10H3/b22-19+/t25-,26?,29?/m0/s1. The van der Waals surface area contributed by atoms with E-state index in [2.05, 4.69) is 69.6 Å². The van der Waals surface area contributed by atoms with Crippen molar-refractivity contribution in [2.75, 3.05) is 13.7 Å². The van der Waals surface area contributed by atoms with Crippen LogP contribution in [0.15, 0.2) is 65.8 Å². The molecule has 0 saturated heterocycles. The Morgan fingerprint density at radius 2 is 1.85 bits per heavy atom. The average Bonchev–Trinajstić information content (AvgIpc) is 3.35. The van der Waals surface area contributed by atoms with Gasteiger partial charge in [-0.25, -0.2) is 4.79 Å². The lowest BCUT2D eigenvalue weighted by atomic mass is 9.74. The lowest BCUT2D eigenvalue weighted by molar-refractivity contribution is -0.142. The molecule has 0 saturated carbocycles. The smallest absolute Gasteiger partial charge is 0.327 e. The molecule has 1 aliphatic rings. The largest absolute Gasteiger partial charge is 0.490 e. The minimum atomic E-state index is -0.800. The predicted molar refractivity (Wildman–Crippen MR) is 165 cm³/mol. The summed E-state index contributed by atoms with van der Waals surface area (Å²) in [6.45, 7) is 22.9. The van der Waals surface area contributed by atoms with Crippen LogP contribution in [0.4, 0.5) is 0 Å². The van der Waals surface area contributed by atoms with Crippen LogP contribution >= 0.6 is 11.8 Å². The molecule has 2 N–H and O–H groups in total. The third-order valence-electron chi connectivity index (χ3n) is 8.31. The molecule has 0 fully saturated rings. The Kier molecular flexibility index (Phi) is 12.0. The molecule has 3 atom stereocenters. The van der Waals surface area contributed by atoms with E-state index in [0.29, 0.717) is 25.1 Å². The van der Waals surface area contributed by atoms with E-state index in [0.717, 1.165) is 29.7 Å². The van der Waals surface area contributed by atoms with Gasteiger partial charge >= 0.3 is 5.97 Å². The minimum Gasteiger partial charge on any atom is -0.490 e. The molecule has 1 aromatic rings. The van der Waals surface area contributed by atoms with Gasteiger partial charge in [0.15, 0.2) is 0 Å². The molecular formula is C33H49NO4S. The third-order valence-corrected chi connectivity index (χ3v) is 9.82. The second-order valence-corrected chi connectivity index (χ2v) is 11.9. The number of ether oxygens (including phenoxy) is 2. The zero-order chi connectivity index (χ0) is 29.4. The van der Waals surface area contributed by atoms with Crippen LogP contribution < -0.4 is 10.1 Å². The van der Waals surface area contributed by atoms with Crippen LogP contribution in [-0.2, 0) is 14.9 Å². The summed E-state index contributed by atoms with van der Waals surface area (Å²) >= 11 is 1.89. The van der Waals surface area contributed by atoms with Crippen LogP contribution in [0.2, 0.25) is 0 Å². The lowest BCUT2D eigenvalue weighted by Gasteiger charge is -2.35. The zero-order valence-corrected chi connectivity index (χ0v) is 26.0. The topological polar surface area (TPSA) is 67.8 Å². The molecule has 216 valence electrons. The van der Waals surface area contributed by atoms with Gasteiger partial charge in [-0.15, -0.1) is 18.3 Å². The lowest BCUT2D eigenvalue weighted by Crippen LogP contribution is -2.34. The number of rotatable bonds is 15. The number of allylic oxidation sites excluding steroid dienone is 4. The highest BCUT2D eigenvalue weighted by atomic mass is 32.2. The minimum absolute atomic E-state index is 0.117. The van der Waals surface area contributed by atoms with Gasteiger partial charge in [-0.3, -0.25) is 0 Å². The van der Waals surface area contributed by atoms with Gasteiger partial charge in [-0.1, -0.05) is 64.6 Å². The van der Waals surface area contributed by atoms with E-state index in [1.165, 1.54) is 17.6 Å². The van der Waals surface area contributed by atoms with Crippen LogP contribution in [0.5, 0.6) is 5.75 Å². The van der Waals surface area contributed by atoms with Gasteiger partial charge in [0.25, 0.3) is 0 Å². The number of carbonyl (C=O) groups excluding carboxylic acids is 1. The summed E-state index contributed by atoms with van der Waals surface area (Å²) in [5.41, 5.74) is 3.15. The van der Waals surface area contributed by atoms with Gasteiger partial charge in [0, 0.05) is 22.3 Å². The summed E-state index contributed by atoms with van der Waals surface area (Å²) in [5, 5.41) is 14.0. The van der Waals surface area contributed by atoms with Crippen LogP contribution in [0.1, 0.15) is 78.4 Å². The highest BCUT2D eigenvalue weighted by Gasteiger charge is 2.39. The van der Waals surface area contributed by atoms with Crippen molar-refractivity contribution in [1.29, 1.82) is 0 Å². The molecule has 5 nitrogen and oxygen atoms in total. The maximum absolute atomic E-state index is 11.8. The molecule has 1 aromatic carbocycles. The molecule has 0 amide bonds. The molecule has 0 bridgehead atoms. The van der Waals surface area contributed by atoms with E-state index in [9.17, 15) is 9.90 Å². The fourth-order valence-electron chi connectivity index (χ4n) is 5.04. The predicted octanol–water partition coefficient (Wildman–Crippen LogP) is 7.40. The first-order valence-electron chi connectivity index (χ1n) is 14.1. The number of nitrogens with one attached hydrogen (secondary N) is 1. The maximum atomic E-state index is 11.8. The van der Waals surface area contributed by atoms with Gasteiger partial charge in [0.2, 0.25) is 0 Å². The molecule has 2 rings (SSSR count). The number of methoxy groups -OCH3 is 1. The van der Waals surface area contributed by atoms with Crippen LogP contribution in [0.3, 0.4) is 0 Å². The fraction of sp³-hybridized carbons (Fsp3) is 0.545. The number of thioether (sulfide) groups is 1. The Morgan fingerprint density at radius 1 is 1.21 bits per heavy atom. The maximum Gasteiger partial charge on any atom is 0.327 e. The number of aliphatic hydroxyl groups is 1. The van der Waals surface area contributed by atoms with Crippen LogP contribution in [-0.4, -0.2) is 41.7 Å². The number of esters is 1. The van der Waals surface area contributed by atoms with E-state index in [-0.39, 0.29) is 22.6 Å². The monoisotopic (exact) mass is 555 g/mol. The number of hydrogen-bond acceptors (Lipinski definition) is 6. The first kappa shape index (κ1) is 32.8. The van der Waals surface area contributed by atoms with Crippen LogP contribution in [0, 0.1) is 12.8 Å². The summed E-state index contributed by atoms with van der Waals surface area (Å²) in [7, 11) is 1.39. The Balaban J connectivity index is 2.31. The second kappa shape index (κ2) is 14.3. The summed E-state index contributed by atoms with van der Waals surface area (Å²) in [4.78, 5) is 13.2. The van der Waals surface area contributed by atoms with Gasteiger partial charge in [-0.05, 0) is 74.1 Å². The number of benzene rings is 1. The Bertz CT molecular complexity index is 1080. The van der Waals surface area contributed by atoms with Gasteiger partial charge in [0.05, 0.1) is 12.7 Å². The van der Waals surface area contributed by atoms with Crippen molar-refractivity contribution in [3.05, 3.63) is 76.9 Å². The van der Waals surface area contributed by atoms with E-state index in [4.69, 9.17) is 9.47 Å². The van der Waals surface area contributed by atoms with E-state index in [1.807, 2.05) is 38.6 Å². The van der Waals surface area contributed by atoms with Crippen molar-refractivity contribution in [1.82, 2.24) is 5.32 Å². The molecule has 6 heteroatoms. The number of hydrogen-bond donors (Lipinski definition) is 2. The van der Waals surface area contributed by atoms with E-state index < -0.39 is 11.6 Å². The molecule has 0 spiro atoms. The molecule has 39 heavy (non-hydrogen) atoms. The summed E-state index contributed by atoms with van der Waals surface area (Å²) < 4.78 is 10.9. The molecular weight excluding hydrogens is 506 g/mol. The molecule has 1 heterocycles. The SMILES string of the molecule is C=CC1C=C(C(CC)(CC)c2ccc(OCC(O)(CC)CC)c(C)c2)SC1/C=C(\C)C(=C)N[C@@H](C)C(=O)OC. The first-order chi connectivity index (χ1) is 18.4. The van der Waals surface area contributed by atoms with Gasteiger partial charge in [0.1, 0.15) is 18.4 Å². The summed E-state index contributed by atoms with van der Waals surface area (Å²) in [5.74, 6) is 0.689. The Morgan fingerprint density at radius 3 is 2.36 bits per heavy atom. The molecule has 0 aliphatic carbocycles. The summed E-state index contributed by atoms with van der Waals surface area (Å²) in [6.07, 6.45) is 9.87. The fourth-order valence-corrected chi connectivity index (χ4v) is 6.82. The van der Waals surface area contributed by atoms with Crippen molar-refractivity contribution >= 4 is 17.7 Å². The van der Waals surface area contributed by atoms with Crippen molar-refractivity contribution in [3.8, 4) is 5.75 Å². The summed E-state index contributed by atoms with van der Waals surface area (Å²) in [6, 6.07) is 6.02. The van der Waals surface area contributed by atoms with Crippen LogP contribution in [0.25, 0.3) is 0 Å². The number of aryl methyl sites for hydroxylation is 1. The molecule has 0 radical (unpaired) electrons. The van der Waals surface area contributed by atoms with Crippen molar-refractivity contribution in [3.63, 3.8) is 0 Å². The van der Waals surface area contributed by atoms with E-state index in [1.54, 1.807) is 6.92 Å². The Hall–Kier alpha value is -2.44. The third kappa shape index (κ3) is 7.61. The Labute approximate surface area is 240 Å². The van der Waals surface area contributed by atoms with Crippen molar-refractivity contribution in [2.45, 2.75) is 96.5 Å². The molecule has 2 unspecified atom stereocenters. The number of carbonyl (C=O) groups is 1.